The van der Waals surface area contributed by atoms with E-state index in [4.69, 9.17) is 9.40 Å². The van der Waals surface area contributed by atoms with Crippen molar-refractivity contribution in [2.75, 3.05) is 0 Å². The molecule has 1 N–H and O–H groups in total. The summed E-state index contributed by atoms with van der Waals surface area (Å²) in [4.78, 5) is 17.3. The number of benzene rings is 2. The Bertz CT molecular complexity index is 1470. The molecule has 0 amide bonds. The van der Waals surface area contributed by atoms with Crippen LogP contribution in [0.25, 0.3) is 33.1 Å². The Morgan fingerprint density at radius 2 is 1.52 bits per heavy atom. The number of hydrogen-bond acceptors (Lipinski definition) is 4. The van der Waals surface area contributed by atoms with Crippen molar-refractivity contribution in [2.24, 2.45) is 10.8 Å². The van der Waals surface area contributed by atoms with Gasteiger partial charge < -0.3 is 9.52 Å². The third-order valence-corrected chi connectivity index (χ3v) is 8.65. The first-order chi connectivity index (χ1) is 18.4. The van der Waals surface area contributed by atoms with E-state index in [2.05, 4.69) is 52.0 Å². The first-order valence-electron chi connectivity index (χ1n) is 14.2. The Morgan fingerprint density at radius 3 is 2.10 bits per heavy atom. The zero-order chi connectivity index (χ0) is 29.0. The van der Waals surface area contributed by atoms with Crippen molar-refractivity contribution in [3.63, 3.8) is 0 Å². The first-order valence-corrected chi connectivity index (χ1v) is 14.2. The fourth-order valence-corrected chi connectivity index (χ4v) is 5.05. The largest absolute Gasteiger partial charge is 0.511 e. The van der Waals surface area contributed by atoms with Gasteiger partial charge in [0, 0.05) is 53.0 Å². The first kappa shape index (κ1) is 33.5. The standard InChI is InChI=1S/C19H14NO.C16H30O2.Ir/c1-12-9-13(2)11-14(10-12)18-19-16(7-8-21-19)15-5-3-4-6-17(15)20-18;1-8-15(6,9-2)13(17)12(5)14(18)16(7,10-3)11-4;/h3-10H,1-2H3;17H,8-11H2,1-7H3;/q-1;;/b;13-12-;. The van der Waals surface area contributed by atoms with E-state index in [1.54, 1.807) is 13.2 Å². The molecular formula is C35H44IrNO3-. The SMILES string of the molecule is CCC(C)(CC)C(=O)/C(C)=C(\O)C(C)(CC)CC.Cc1[c-]c(-c2nc3ccccc3c3ccoc23)cc(C)c1.[Ir]. The zero-order valence-electron chi connectivity index (χ0n) is 25.5. The average Bonchev–Trinajstić information content (AvgIpc) is 3.45. The van der Waals surface area contributed by atoms with Crippen LogP contribution in [-0.2, 0) is 24.9 Å². The fourth-order valence-electron chi connectivity index (χ4n) is 5.05. The Morgan fingerprint density at radius 1 is 0.925 bits per heavy atom. The van der Waals surface area contributed by atoms with Gasteiger partial charge in [-0.3, -0.25) is 9.78 Å². The van der Waals surface area contributed by atoms with Crippen molar-refractivity contribution in [3.8, 4) is 11.3 Å². The van der Waals surface area contributed by atoms with E-state index in [1.165, 1.54) is 5.56 Å². The topological polar surface area (TPSA) is 63.3 Å². The van der Waals surface area contributed by atoms with Crippen LogP contribution >= 0.6 is 0 Å². The summed E-state index contributed by atoms with van der Waals surface area (Å²) in [6, 6.07) is 17.8. The van der Waals surface area contributed by atoms with E-state index < -0.39 is 0 Å². The smallest absolute Gasteiger partial charge is 0.167 e. The van der Waals surface area contributed by atoms with Gasteiger partial charge in [-0.1, -0.05) is 73.6 Å². The van der Waals surface area contributed by atoms with Crippen LogP contribution in [0.5, 0.6) is 0 Å². The fraction of sp³-hybridized carbons (Fsp3) is 0.429. The zero-order valence-corrected chi connectivity index (χ0v) is 27.9. The maximum atomic E-state index is 12.5. The molecule has 4 nitrogen and oxygen atoms in total. The number of nitrogens with zero attached hydrogens (tertiary/aromatic N) is 1. The van der Waals surface area contributed by atoms with Crippen molar-refractivity contribution < 1.29 is 34.4 Å². The monoisotopic (exact) mass is 719 g/mol. The molecule has 40 heavy (non-hydrogen) atoms. The third-order valence-electron chi connectivity index (χ3n) is 8.65. The second-order valence-electron chi connectivity index (χ2n) is 11.2. The number of carbonyl (C=O) groups is 1. The number of furan rings is 1. The van der Waals surface area contributed by atoms with Crippen LogP contribution in [0.3, 0.4) is 0 Å². The maximum absolute atomic E-state index is 12.5. The number of ketones is 1. The molecule has 0 saturated heterocycles. The van der Waals surface area contributed by atoms with Crippen LogP contribution in [0.15, 0.2) is 64.5 Å². The van der Waals surface area contributed by atoms with Gasteiger partial charge in [0.15, 0.2) is 5.78 Å². The predicted molar refractivity (Wildman–Crippen MR) is 163 cm³/mol. The van der Waals surface area contributed by atoms with Crippen LogP contribution in [-0.4, -0.2) is 15.9 Å². The molecule has 4 aromatic rings. The van der Waals surface area contributed by atoms with E-state index in [9.17, 15) is 9.90 Å². The number of para-hydroxylation sites is 1. The molecular weight excluding hydrogens is 675 g/mol. The molecule has 0 aliphatic heterocycles. The van der Waals surface area contributed by atoms with Gasteiger partial charge in [-0.2, -0.15) is 0 Å². The molecule has 0 bridgehead atoms. The van der Waals surface area contributed by atoms with Gasteiger partial charge in [-0.05, 0) is 44.7 Å². The molecule has 0 aliphatic carbocycles. The molecule has 1 radical (unpaired) electrons. The van der Waals surface area contributed by atoms with E-state index in [0.29, 0.717) is 5.57 Å². The van der Waals surface area contributed by atoms with Gasteiger partial charge in [0.1, 0.15) is 11.3 Å². The number of hydrogen-bond donors (Lipinski definition) is 1. The summed E-state index contributed by atoms with van der Waals surface area (Å²) in [6.07, 6.45) is 5.03. The summed E-state index contributed by atoms with van der Waals surface area (Å²) in [5.41, 5.74) is 5.90. The number of rotatable bonds is 8. The van der Waals surface area contributed by atoms with E-state index in [-0.39, 0.29) is 42.5 Å². The maximum Gasteiger partial charge on any atom is 0.167 e. The molecule has 0 spiro atoms. The summed E-state index contributed by atoms with van der Waals surface area (Å²) in [5, 5.41) is 12.6. The molecule has 2 aromatic carbocycles. The quantitative estimate of drug-likeness (QED) is 0.112. The van der Waals surface area contributed by atoms with E-state index >= 15 is 0 Å². The van der Waals surface area contributed by atoms with Crippen LogP contribution in [0, 0.1) is 30.7 Å². The van der Waals surface area contributed by atoms with Crippen LogP contribution in [0.4, 0.5) is 0 Å². The van der Waals surface area contributed by atoms with Gasteiger partial charge in [0.25, 0.3) is 0 Å². The number of aliphatic hydroxyl groups is 1. The van der Waals surface area contributed by atoms with Gasteiger partial charge in [-0.15, -0.1) is 34.9 Å². The minimum Gasteiger partial charge on any atom is -0.511 e. The molecule has 0 fully saturated rings. The summed E-state index contributed by atoms with van der Waals surface area (Å²) in [5.74, 6) is 0.378. The van der Waals surface area contributed by atoms with Gasteiger partial charge in [0.2, 0.25) is 0 Å². The molecule has 2 heterocycles. The van der Waals surface area contributed by atoms with Gasteiger partial charge >= 0.3 is 0 Å². The molecule has 5 heteroatoms. The molecule has 4 rings (SSSR count). The summed E-state index contributed by atoms with van der Waals surface area (Å²) in [6.45, 7) is 18.1. The number of aromatic nitrogens is 1. The normalized spacial score (nSPS) is 12.4. The Labute approximate surface area is 253 Å². The average molecular weight is 719 g/mol. The minimum atomic E-state index is -0.347. The van der Waals surface area contributed by atoms with Crippen LogP contribution in [0.1, 0.15) is 85.3 Å². The summed E-state index contributed by atoms with van der Waals surface area (Å²) >= 11 is 0. The van der Waals surface area contributed by atoms with Crippen molar-refractivity contribution in [2.45, 2.75) is 88.0 Å². The number of aryl methyl sites for hydroxylation is 2. The molecule has 0 saturated carbocycles. The molecule has 0 atom stereocenters. The minimum absolute atomic E-state index is 0. The van der Waals surface area contributed by atoms with Crippen molar-refractivity contribution in [1.29, 1.82) is 0 Å². The molecule has 0 unspecified atom stereocenters. The number of Topliss-reactive ketones (excluding diaryl/α,β-unsaturated/α-hetero) is 1. The molecule has 2 aromatic heterocycles. The summed E-state index contributed by atoms with van der Waals surface area (Å²) < 4.78 is 5.71. The Hall–Kier alpha value is -2.75. The van der Waals surface area contributed by atoms with E-state index in [1.807, 2.05) is 52.0 Å². The van der Waals surface area contributed by atoms with Crippen molar-refractivity contribution in [3.05, 3.63) is 77.3 Å². The molecule has 217 valence electrons. The third kappa shape index (κ3) is 6.75. The van der Waals surface area contributed by atoms with Gasteiger partial charge in [-0.25, -0.2) is 0 Å². The van der Waals surface area contributed by atoms with Crippen molar-refractivity contribution >= 4 is 27.7 Å². The number of pyridine rings is 1. The number of carbonyl (C=O) groups excluding carboxylic acids is 1. The molecule has 0 aliphatic rings. The van der Waals surface area contributed by atoms with E-state index in [0.717, 1.165) is 64.4 Å². The van der Waals surface area contributed by atoms with Crippen LogP contribution in [0.2, 0.25) is 0 Å². The second-order valence-corrected chi connectivity index (χ2v) is 11.2. The van der Waals surface area contributed by atoms with Crippen molar-refractivity contribution in [1.82, 2.24) is 4.98 Å². The number of aliphatic hydroxyl groups excluding tert-OH is 1. The Kier molecular flexibility index (Phi) is 11.5. The van der Waals surface area contributed by atoms with Crippen LogP contribution < -0.4 is 0 Å². The predicted octanol–water partition coefficient (Wildman–Crippen LogP) is 10.1. The second kappa shape index (κ2) is 13.7. The summed E-state index contributed by atoms with van der Waals surface area (Å²) in [7, 11) is 0. The van der Waals surface area contributed by atoms with Gasteiger partial charge in [0.05, 0.1) is 11.8 Å². The number of fused-ring (bicyclic) bond motifs is 3. The Balaban J connectivity index is 0.000000278. The number of allylic oxidation sites excluding steroid dienone is 2.